The molecule has 17 heavy (non-hydrogen) atoms. The molecule has 96 valence electrons. The maximum absolute atomic E-state index is 4.37. The number of aromatic nitrogens is 2. The highest BCUT2D eigenvalue weighted by Crippen LogP contribution is 2.36. The molecule has 1 heterocycles. The van der Waals surface area contributed by atoms with E-state index >= 15 is 0 Å². The zero-order valence-electron chi connectivity index (χ0n) is 11.5. The highest BCUT2D eigenvalue weighted by atomic mass is 15.3. The van der Waals surface area contributed by atoms with Gasteiger partial charge in [0.25, 0.3) is 0 Å². The summed E-state index contributed by atoms with van der Waals surface area (Å²) >= 11 is 0. The molecule has 3 heteroatoms. The molecule has 1 aliphatic carbocycles. The van der Waals surface area contributed by atoms with Crippen molar-refractivity contribution in [2.24, 2.45) is 5.41 Å². The molecule has 1 aliphatic rings. The van der Waals surface area contributed by atoms with Crippen molar-refractivity contribution in [1.29, 1.82) is 0 Å². The molecular formula is C14H25N3. The summed E-state index contributed by atoms with van der Waals surface area (Å²) in [5.41, 5.74) is 1.66. The zero-order chi connectivity index (χ0) is 12.5. The van der Waals surface area contributed by atoms with E-state index in [9.17, 15) is 0 Å². The van der Waals surface area contributed by atoms with E-state index in [1.54, 1.807) is 0 Å². The highest BCUT2D eigenvalue weighted by molar-refractivity contribution is 5.39. The average Bonchev–Trinajstić information content (AvgIpc) is 2.64. The predicted octanol–water partition coefficient (Wildman–Crippen LogP) is 3.84. The van der Waals surface area contributed by atoms with Crippen LogP contribution in [0.3, 0.4) is 0 Å². The van der Waals surface area contributed by atoms with Crippen LogP contribution in [0.15, 0.2) is 12.4 Å². The summed E-state index contributed by atoms with van der Waals surface area (Å²) in [6, 6.07) is 1.05. The van der Waals surface area contributed by atoms with E-state index in [2.05, 4.69) is 44.3 Å². The average molecular weight is 235 g/mol. The Morgan fingerprint density at radius 1 is 1.47 bits per heavy atom. The first-order valence-electron chi connectivity index (χ1n) is 6.77. The van der Waals surface area contributed by atoms with Gasteiger partial charge in [-0.05, 0) is 38.5 Å². The van der Waals surface area contributed by atoms with Crippen LogP contribution in [0.5, 0.6) is 0 Å². The molecule has 1 aromatic rings. The van der Waals surface area contributed by atoms with Gasteiger partial charge in [0.1, 0.15) is 0 Å². The summed E-state index contributed by atoms with van der Waals surface area (Å²) in [6.45, 7) is 9.05. The molecule has 2 rings (SSSR count). The molecule has 0 aromatic carbocycles. The van der Waals surface area contributed by atoms with E-state index < -0.39 is 0 Å². The maximum atomic E-state index is 4.37. The van der Waals surface area contributed by atoms with Gasteiger partial charge in [-0.15, -0.1) is 0 Å². The Morgan fingerprint density at radius 2 is 2.24 bits per heavy atom. The normalized spacial score (nSPS) is 23.9. The first-order valence-corrected chi connectivity index (χ1v) is 6.77. The van der Waals surface area contributed by atoms with Crippen LogP contribution in [-0.2, 0) is 0 Å². The molecule has 0 aliphatic heterocycles. The molecule has 0 bridgehead atoms. The van der Waals surface area contributed by atoms with E-state index in [1.807, 2.05) is 10.9 Å². The van der Waals surface area contributed by atoms with Gasteiger partial charge in [-0.1, -0.05) is 20.3 Å². The molecule has 1 atom stereocenters. The first-order chi connectivity index (χ1) is 7.96. The lowest BCUT2D eigenvalue weighted by atomic mass is 9.75. The molecule has 1 unspecified atom stereocenters. The van der Waals surface area contributed by atoms with Crippen LogP contribution < -0.4 is 5.32 Å². The smallest absolute Gasteiger partial charge is 0.0728 e. The van der Waals surface area contributed by atoms with Gasteiger partial charge >= 0.3 is 0 Å². The van der Waals surface area contributed by atoms with Crippen LogP contribution in [0, 0.1) is 5.41 Å². The van der Waals surface area contributed by atoms with Crippen LogP contribution in [0.1, 0.15) is 59.4 Å². The minimum absolute atomic E-state index is 0.438. The molecule has 0 amide bonds. The second-order valence-corrected chi connectivity index (χ2v) is 6.40. The maximum Gasteiger partial charge on any atom is 0.0728 e. The van der Waals surface area contributed by atoms with Crippen LogP contribution in [0.25, 0.3) is 0 Å². The third kappa shape index (κ3) is 3.24. The predicted molar refractivity (Wildman–Crippen MR) is 72.3 cm³/mol. The van der Waals surface area contributed by atoms with Crippen molar-refractivity contribution >= 4 is 5.69 Å². The van der Waals surface area contributed by atoms with E-state index in [0.29, 0.717) is 17.5 Å². The number of hydrogen-bond acceptors (Lipinski definition) is 2. The number of nitrogens with one attached hydrogen (secondary N) is 1. The van der Waals surface area contributed by atoms with E-state index in [0.717, 1.165) is 0 Å². The van der Waals surface area contributed by atoms with Crippen molar-refractivity contribution in [3.63, 3.8) is 0 Å². The Bertz CT molecular complexity index is 365. The Labute approximate surface area is 105 Å². The van der Waals surface area contributed by atoms with Crippen LogP contribution >= 0.6 is 0 Å². The first kappa shape index (κ1) is 12.5. The van der Waals surface area contributed by atoms with Crippen LogP contribution in [0.2, 0.25) is 0 Å². The van der Waals surface area contributed by atoms with Gasteiger partial charge in [0.05, 0.1) is 11.9 Å². The topological polar surface area (TPSA) is 29.9 Å². The lowest BCUT2D eigenvalue weighted by molar-refractivity contribution is 0.229. The highest BCUT2D eigenvalue weighted by Gasteiger charge is 2.27. The van der Waals surface area contributed by atoms with Crippen molar-refractivity contribution < 1.29 is 0 Å². The fourth-order valence-corrected chi connectivity index (χ4v) is 2.75. The van der Waals surface area contributed by atoms with Gasteiger partial charge in [-0.3, -0.25) is 4.68 Å². The fraction of sp³-hybridized carbons (Fsp3) is 0.786. The summed E-state index contributed by atoms with van der Waals surface area (Å²) in [7, 11) is 0. The van der Waals surface area contributed by atoms with Gasteiger partial charge in [0.2, 0.25) is 0 Å². The Hall–Kier alpha value is -0.990. The van der Waals surface area contributed by atoms with Gasteiger partial charge in [-0.25, -0.2) is 0 Å². The second-order valence-electron chi connectivity index (χ2n) is 6.40. The summed E-state index contributed by atoms with van der Waals surface area (Å²) in [5, 5.41) is 8.00. The Morgan fingerprint density at radius 3 is 2.82 bits per heavy atom. The van der Waals surface area contributed by atoms with Crippen molar-refractivity contribution in [2.45, 2.75) is 65.5 Å². The number of hydrogen-bond donors (Lipinski definition) is 1. The minimum Gasteiger partial charge on any atom is -0.380 e. The molecule has 0 radical (unpaired) electrons. The Balaban J connectivity index is 1.95. The summed E-state index contributed by atoms with van der Waals surface area (Å²) in [5.74, 6) is 0. The van der Waals surface area contributed by atoms with Crippen molar-refractivity contribution in [3.05, 3.63) is 12.4 Å². The molecular weight excluding hydrogens is 210 g/mol. The number of anilines is 1. The van der Waals surface area contributed by atoms with Crippen LogP contribution in [-0.4, -0.2) is 15.8 Å². The van der Waals surface area contributed by atoms with E-state index in [-0.39, 0.29) is 0 Å². The molecule has 3 nitrogen and oxygen atoms in total. The third-order valence-electron chi connectivity index (χ3n) is 3.71. The fourth-order valence-electron chi connectivity index (χ4n) is 2.75. The number of nitrogens with zero attached hydrogens (tertiary/aromatic N) is 2. The standard InChI is InChI=1S/C14H25N3/c1-11(2)17-10-13(9-15-17)16-12-6-5-7-14(3,4)8-12/h9-12,16H,5-8H2,1-4H3. The largest absolute Gasteiger partial charge is 0.380 e. The van der Waals surface area contributed by atoms with Crippen molar-refractivity contribution in [2.75, 3.05) is 5.32 Å². The van der Waals surface area contributed by atoms with Crippen molar-refractivity contribution in [3.8, 4) is 0 Å². The second kappa shape index (κ2) is 4.71. The SMILES string of the molecule is CC(C)n1cc(NC2CCCC(C)(C)C2)cn1. The lowest BCUT2D eigenvalue weighted by Crippen LogP contribution is -2.31. The zero-order valence-corrected chi connectivity index (χ0v) is 11.5. The van der Waals surface area contributed by atoms with Crippen LogP contribution in [0.4, 0.5) is 5.69 Å². The van der Waals surface area contributed by atoms with Gasteiger partial charge in [0, 0.05) is 18.3 Å². The van der Waals surface area contributed by atoms with E-state index in [1.165, 1.54) is 31.4 Å². The van der Waals surface area contributed by atoms with Gasteiger partial charge in [-0.2, -0.15) is 5.10 Å². The molecule has 1 saturated carbocycles. The molecule has 1 N–H and O–H groups in total. The molecule has 0 spiro atoms. The molecule has 0 saturated heterocycles. The third-order valence-corrected chi connectivity index (χ3v) is 3.71. The Kier molecular flexibility index (Phi) is 3.45. The monoisotopic (exact) mass is 235 g/mol. The minimum atomic E-state index is 0.438. The van der Waals surface area contributed by atoms with Crippen molar-refractivity contribution in [1.82, 2.24) is 9.78 Å². The summed E-state index contributed by atoms with van der Waals surface area (Å²) < 4.78 is 2.01. The lowest BCUT2D eigenvalue weighted by Gasteiger charge is -2.35. The van der Waals surface area contributed by atoms with Gasteiger partial charge in [0.15, 0.2) is 0 Å². The molecule has 1 aromatic heterocycles. The molecule has 1 fully saturated rings. The summed E-state index contributed by atoms with van der Waals surface area (Å²) in [6.07, 6.45) is 9.31. The number of rotatable bonds is 3. The summed E-state index contributed by atoms with van der Waals surface area (Å²) in [4.78, 5) is 0. The quantitative estimate of drug-likeness (QED) is 0.862. The van der Waals surface area contributed by atoms with Gasteiger partial charge < -0.3 is 5.32 Å². The van der Waals surface area contributed by atoms with E-state index in [4.69, 9.17) is 0 Å².